The molecule has 1 aromatic carbocycles. The number of nitrogens with one attached hydrogen (secondary N) is 3. The fourth-order valence-corrected chi connectivity index (χ4v) is 3.80. The SMILES string of the molecule is CC(C)(C)C(=O)N1CCOc2ccc(NCC(=O)NC(=O)NCCc3cccs3)cc21. The molecule has 0 fully saturated rings. The van der Waals surface area contributed by atoms with Gasteiger partial charge in [-0.15, -0.1) is 11.3 Å². The van der Waals surface area contributed by atoms with Gasteiger partial charge in [0.2, 0.25) is 11.8 Å². The van der Waals surface area contributed by atoms with Crippen LogP contribution in [0.4, 0.5) is 16.2 Å². The molecule has 0 saturated carbocycles. The van der Waals surface area contributed by atoms with Crippen molar-refractivity contribution in [3.63, 3.8) is 0 Å². The topological polar surface area (TPSA) is 99.8 Å². The maximum Gasteiger partial charge on any atom is 0.321 e. The van der Waals surface area contributed by atoms with Crippen molar-refractivity contribution >= 4 is 40.6 Å². The van der Waals surface area contributed by atoms with Crippen LogP contribution in [0.25, 0.3) is 0 Å². The second-order valence-corrected chi connectivity index (χ2v) is 9.26. The van der Waals surface area contributed by atoms with Gasteiger partial charge >= 0.3 is 6.03 Å². The monoisotopic (exact) mass is 444 g/mol. The Kier molecular flexibility index (Phi) is 7.17. The van der Waals surface area contributed by atoms with Crippen molar-refractivity contribution in [1.82, 2.24) is 10.6 Å². The second kappa shape index (κ2) is 9.82. The summed E-state index contributed by atoms with van der Waals surface area (Å²) in [6.45, 7) is 6.91. The van der Waals surface area contributed by atoms with E-state index < -0.39 is 17.4 Å². The molecule has 9 heteroatoms. The lowest BCUT2D eigenvalue weighted by atomic mass is 9.94. The zero-order valence-corrected chi connectivity index (χ0v) is 18.8. The van der Waals surface area contributed by atoms with Crippen LogP contribution in [0.5, 0.6) is 5.75 Å². The normalized spacial score (nSPS) is 13.1. The molecular formula is C22H28N4O4S. The van der Waals surface area contributed by atoms with Gasteiger partial charge in [0.05, 0.1) is 18.8 Å². The highest BCUT2D eigenvalue weighted by Gasteiger charge is 2.31. The van der Waals surface area contributed by atoms with E-state index in [1.54, 1.807) is 34.4 Å². The Morgan fingerprint density at radius 2 is 2.00 bits per heavy atom. The van der Waals surface area contributed by atoms with E-state index in [2.05, 4.69) is 16.0 Å². The summed E-state index contributed by atoms with van der Waals surface area (Å²) >= 11 is 1.62. The predicted molar refractivity (Wildman–Crippen MR) is 122 cm³/mol. The first-order valence-electron chi connectivity index (χ1n) is 10.2. The Balaban J connectivity index is 1.51. The first kappa shape index (κ1) is 22.6. The predicted octanol–water partition coefficient (Wildman–Crippen LogP) is 3.00. The Labute approximate surface area is 186 Å². The van der Waals surface area contributed by atoms with Gasteiger partial charge in [0.1, 0.15) is 12.4 Å². The first-order valence-corrected chi connectivity index (χ1v) is 11.0. The third-order valence-corrected chi connectivity index (χ3v) is 5.59. The Morgan fingerprint density at radius 3 is 2.71 bits per heavy atom. The van der Waals surface area contributed by atoms with Crippen molar-refractivity contribution < 1.29 is 19.1 Å². The van der Waals surface area contributed by atoms with Crippen molar-refractivity contribution in [2.45, 2.75) is 27.2 Å². The van der Waals surface area contributed by atoms with Crippen molar-refractivity contribution in [1.29, 1.82) is 0 Å². The minimum absolute atomic E-state index is 0.00571. The molecule has 0 atom stereocenters. The molecule has 1 aliphatic heterocycles. The lowest BCUT2D eigenvalue weighted by Gasteiger charge is -2.34. The highest BCUT2D eigenvalue weighted by atomic mass is 32.1. The summed E-state index contributed by atoms with van der Waals surface area (Å²) in [5.41, 5.74) is 0.807. The number of fused-ring (bicyclic) bond motifs is 1. The fraction of sp³-hybridized carbons (Fsp3) is 0.409. The van der Waals surface area contributed by atoms with Crippen LogP contribution < -0.4 is 25.6 Å². The number of anilines is 2. The van der Waals surface area contributed by atoms with Gasteiger partial charge in [0.15, 0.2) is 0 Å². The number of carbonyl (C=O) groups excluding carboxylic acids is 3. The smallest absolute Gasteiger partial charge is 0.321 e. The Bertz CT molecular complexity index is 937. The van der Waals surface area contributed by atoms with Gasteiger partial charge in [-0.2, -0.15) is 0 Å². The number of carbonyl (C=O) groups is 3. The standard InChI is InChI=1S/C22H28N4O4S/c1-22(2,3)20(28)26-10-11-30-18-7-6-15(13-17(18)26)24-14-19(27)25-21(29)23-9-8-16-5-4-12-31-16/h4-7,12-13,24H,8-11,14H2,1-3H3,(H2,23,25,27,29). The highest BCUT2D eigenvalue weighted by molar-refractivity contribution is 7.09. The molecule has 166 valence electrons. The minimum Gasteiger partial charge on any atom is -0.490 e. The van der Waals surface area contributed by atoms with E-state index in [9.17, 15) is 14.4 Å². The number of nitrogens with zero attached hydrogens (tertiary/aromatic N) is 1. The number of rotatable bonds is 6. The van der Waals surface area contributed by atoms with E-state index in [0.29, 0.717) is 36.8 Å². The molecule has 0 bridgehead atoms. The molecule has 0 unspecified atom stereocenters. The number of hydrogen-bond acceptors (Lipinski definition) is 6. The molecule has 1 aromatic heterocycles. The van der Waals surface area contributed by atoms with Gasteiger partial charge in [-0.1, -0.05) is 26.8 Å². The van der Waals surface area contributed by atoms with E-state index >= 15 is 0 Å². The lowest BCUT2D eigenvalue weighted by Crippen LogP contribution is -2.44. The number of ether oxygens (including phenoxy) is 1. The summed E-state index contributed by atoms with van der Waals surface area (Å²) < 4.78 is 5.66. The molecule has 4 amide bonds. The van der Waals surface area contributed by atoms with Gasteiger partial charge in [0.25, 0.3) is 0 Å². The molecule has 1 aliphatic rings. The third kappa shape index (κ3) is 6.21. The van der Waals surface area contributed by atoms with Gasteiger partial charge in [-0.25, -0.2) is 4.79 Å². The summed E-state index contributed by atoms with van der Waals surface area (Å²) in [5, 5.41) is 9.95. The quantitative estimate of drug-likeness (QED) is 0.636. The number of imide groups is 1. The number of amides is 4. The van der Waals surface area contributed by atoms with Gasteiger partial charge in [0, 0.05) is 22.5 Å². The molecule has 8 nitrogen and oxygen atoms in total. The summed E-state index contributed by atoms with van der Waals surface area (Å²) in [5.74, 6) is 0.181. The molecule has 2 heterocycles. The molecule has 3 rings (SSSR count). The molecule has 2 aromatic rings. The van der Waals surface area contributed by atoms with E-state index in [-0.39, 0.29) is 12.5 Å². The largest absolute Gasteiger partial charge is 0.490 e. The zero-order valence-electron chi connectivity index (χ0n) is 18.0. The number of thiophene rings is 1. The van der Waals surface area contributed by atoms with Crippen LogP contribution in [-0.4, -0.2) is 44.1 Å². The molecule has 31 heavy (non-hydrogen) atoms. The summed E-state index contributed by atoms with van der Waals surface area (Å²) in [6, 6.07) is 8.77. The van der Waals surface area contributed by atoms with E-state index in [0.717, 1.165) is 6.42 Å². The Morgan fingerprint density at radius 1 is 1.19 bits per heavy atom. The van der Waals surface area contributed by atoms with Gasteiger partial charge in [-0.05, 0) is 36.1 Å². The van der Waals surface area contributed by atoms with Gasteiger partial charge < -0.3 is 20.3 Å². The lowest BCUT2D eigenvalue weighted by molar-refractivity contribution is -0.126. The van der Waals surface area contributed by atoms with Gasteiger partial charge in [-0.3, -0.25) is 14.9 Å². The summed E-state index contributed by atoms with van der Waals surface area (Å²) in [6.07, 6.45) is 0.721. The van der Waals surface area contributed by atoms with Crippen LogP contribution in [0, 0.1) is 5.41 Å². The third-order valence-electron chi connectivity index (χ3n) is 4.65. The average molecular weight is 445 g/mol. The minimum atomic E-state index is -0.524. The van der Waals surface area contributed by atoms with E-state index in [4.69, 9.17) is 4.74 Å². The number of urea groups is 1. The van der Waals surface area contributed by atoms with Crippen molar-refractivity contribution in [3.8, 4) is 5.75 Å². The van der Waals surface area contributed by atoms with Crippen LogP contribution in [0.1, 0.15) is 25.6 Å². The van der Waals surface area contributed by atoms with Crippen LogP contribution in [0.15, 0.2) is 35.7 Å². The van der Waals surface area contributed by atoms with E-state index in [1.807, 2.05) is 38.3 Å². The average Bonchev–Trinajstić information content (AvgIpc) is 3.24. The maximum atomic E-state index is 12.8. The van der Waals surface area contributed by atoms with Crippen LogP contribution in [0.3, 0.4) is 0 Å². The summed E-state index contributed by atoms with van der Waals surface area (Å²) in [4.78, 5) is 39.6. The van der Waals surface area contributed by atoms with Crippen molar-refractivity contribution in [3.05, 3.63) is 40.6 Å². The number of hydrogen-bond donors (Lipinski definition) is 3. The molecular weight excluding hydrogens is 416 g/mol. The molecule has 0 radical (unpaired) electrons. The zero-order chi connectivity index (χ0) is 22.4. The molecule has 0 saturated heterocycles. The second-order valence-electron chi connectivity index (χ2n) is 8.22. The fourth-order valence-electron chi connectivity index (χ4n) is 3.09. The summed E-state index contributed by atoms with van der Waals surface area (Å²) in [7, 11) is 0. The number of benzene rings is 1. The van der Waals surface area contributed by atoms with Crippen molar-refractivity contribution in [2.75, 3.05) is 36.5 Å². The highest BCUT2D eigenvalue weighted by Crippen LogP contribution is 2.36. The maximum absolute atomic E-state index is 12.8. The van der Waals surface area contributed by atoms with Crippen LogP contribution in [-0.2, 0) is 16.0 Å². The molecule has 0 aliphatic carbocycles. The molecule has 3 N–H and O–H groups in total. The molecule has 0 spiro atoms. The van der Waals surface area contributed by atoms with Crippen LogP contribution in [0.2, 0.25) is 0 Å². The van der Waals surface area contributed by atoms with E-state index in [1.165, 1.54) is 4.88 Å². The first-order chi connectivity index (χ1) is 14.7. The van der Waals surface area contributed by atoms with Crippen LogP contribution >= 0.6 is 11.3 Å². The van der Waals surface area contributed by atoms with Crippen molar-refractivity contribution in [2.24, 2.45) is 5.41 Å². The Hall–Kier alpha value is -3.07.